The molecule has 0 aromatic carbocycles. The smallest absolute Gasteiger partial charge is 0.00952 e. The van der Waals surface area contributed by atoms with Crippen LogP contribution in [0, 0.1) is 0 Å². The molecule has 1 atom stereocenters. The average Bonchev–Trinajstić information content (AvgIpc) is 3.29. The van der Waals surface area contributed by atoms with Crippen LogP contribution in [0.1, 0.15) is 381 Å². The molecule has 0 aromatic rings. The molecule has 0 bridgehead atoms. The Morgan fingerprint density at radius 2 is 0.317 bits per heavy atom. The van der Waals surface area contributed by atoms with Crippen molar-refractivity contribution in [2.75, 3.05) is 13.1 Å². The first kappa shape index (κ1) is 63.0. The van der Waals surface area contributed by atoms with E-state index in [1.54, 1.807) is 0 Å². The Balaban J connectivity index is 4.60. The Kier molecular flexibility index (Phi) is 58.0. The third-order valence-electron chi connectivity index (χ3n) is 15.1. The van der Waals surface area contributed by atoms with Gasteiger partial charge in [-0.05, 0) is 38.8 Å². The maximum atomic E-state index is 3.07. The lowest BCUT2D eigenvalue weighted by atomic mass is 9.97. The Morgan fingerprint density at radius 3 is 0.492 bits per heavy atom. The second-order valence-corrected chi connectivity index (χ2v) is 21.6. The molecular weight excluding hydrogens is 759 g/mol. The maximum Gasteiger partial charge on any atom is 0.00952 e. The molecule has 0 radical (unpaired) electrons. The van der Waals surface area contributed by atoms with Crippen LogP contribution in [-0.2, 0) is 0 Å². The molecule has 380 valence electrons. The van der Waals surface area contributed by atoms with Crippen molar-refractivity contribution in [1.82, 2.24) is 4.90 Å². The van der Waals surface area contributed by atoms with Gasteiger partial charge in [-0.2, -0.15) is 0 Å². The minimum Gasteiger partial charge on any atom is -0.300 e. The van der Waals surface area contributed by atoms with Crippen LogP contribution in [0.15, 0.2) is 0 Å². The molecule has 0 aliphatic rings. The highest BCUT2D eigenvalue weighted by atomic mass is 15.1. The van der Waals surface area contributed by atoms with Crippen molar-refractivity contribution in [2.45, 2.75) is 387 Å². The molecule has 63 heavy (non-hydrogen) atoms. The first-order valence-corrected chi connectivity index (χ1v) is 31.0. The predicted molar refractivity (Wildman–Crippen MR) is 292 cm³/mol. The largest absolute Gasteiger partial charge is 0.300 e. The number of hydrogen-bond acceptors (Lipinski definition) is 1. The lowest BCUT2D eigenvalue weighted by molar-refractivity contribution is 0.163. The van der Waals surface area contributed by atoms with Crippen molar-refractivity contribution in [3.8, 4) is 0 Å². The van der Waals surface area contributed by atoms with Crippen molar-refractivity contribution in [1.29, 1.82) is 0 Å². The molecule has 0 heterocycles. The van der Waals surface area contributed by atoms with E-state index < -0.39 is 0 Å². The summed E-state index contributed by atoms with van der Waals surface area (Å²) in [6.07, 6.45) is 80.8. The normalized spacial score (nSPS) is 12.3. The van der Waals surface area contributed by atoms with Gasteiger partial charge in [0.2, 0.25) is 0 Å². The first-order valence-electron chi connectivity index (χ1n) is 31.0. The van der Waals surface area contributed by atoms with Crippen LogP contribution < -0.4 is 0 Å². The molecule has 0 saturated carbocycles. The predicted octanol–water partition coefficient (Wildman–Crippen LogP) is 23.2. The zero-order valence-corrected chi connectivity index (χ0v) is 45.3. The number of unbranched alkanes of at least 4 members (excludes halogenated alkanes) is 49. The van der Waals surface area contributed by atoms with Crippen molar-refractivity contribution in [2.24, 2.45) is 0 Å². The number of nitrogens with zero attached hydrogens (tertiary/aromatic N) is 1. The summed E-state index contributed by atoms with van der Waals surface area (Å²) in [7, 11) is 0. The Morgan fingerprint density at radius 1 is 0.175 bits per heavy atom. The fraction of sp³-hybridized carbons (Fsp3) is 1.00. The SMILES string of the molecule is CCCCCCCCCCCCCCCCCCC(CCCCCCC)N(CCCCCCCCCCCCCCCCCC)CCCCCCCCCCCCCCCCCC. The molecule has 1 heteroatoms. The van der Waals surface area contributed by atoms with Crippen LogP contribution in [0.5, 0.6) is 0 Å². The van der Waals surface area contributed by atoms with E-state index in [-0.39, 0.29) is 0 Å². The lowest BCUT2D eigenvalue weighted by Gasteiger charge is -2.32. The fourth-order valence-electron chi connectivity index (χ4n) is 10.6. The molecule has 1 unspecified atom stereocenters. The maximum absolute atomic E-state index is 3.07. The summed E-state index contributed by atoms with van der Waals surface area (Å²) in [4.78, 5) is 3.07. The van der Waals surface area contributed by atoms with E-state index in [2.05, 4.69) is 32.6 Å². The van der Waals surface area contributed by atoms with Gasteiger partial charge in [0.1, 0.15) is 0 Å². The minimum absolute atomic E-state index is 0.853. The molecule has 0 rings (SSSR count). The third kappa shape index (κ3) is 52.8. The third-order valence-corrected chi connectivity index (χ3v) is 15.1. The van der Waals surface area contributed by atoms with Crippen molar-refractivity contribution >= 4 is 0 Å². The van der Waals surface area contributed by atoms with E-state index in [0.29, 0.717) is 0 Å². The molecule has 0 spiro atoms. The average molecular weight is 887 g/mol. The highest BCUT2D eigenvalue weighted by Crippen LogP contribution is 2.23. The van der Waals surface area contributed by atoms with Crippen molar-refractivity contribution < 1.29 is 0 Å². The summed E-state index contributed by atoms with van der Waals surface area (Å²) in [5.41, 5.74) is 0. The van der Waals surface area contributed by atoms with Gasteiger partial charge in [0.25, 0.3) is 0 Å². The zero-order valence-electron chi connectivity index (χ0n) is 45.3. The summed E-state index contributed by atoms with van der Waals surface area (Å²) in [5, 5.41) is 0. The monoisotopic (exact) mass is 886 g/mol. The molecule has 0 fully saturated rings. The van der Waals surface area contributed by atoms with Gasteiger partial charge in [0.05, 0.1) is 0 Å². The van der Waals surface area contributed by atoms with Crippen LogP contribution in [0.2, 0.25) is 0 Å². The molecule has 0 aromatic heterocycles. The summed E-state index contributed by atoms with van der Waals surface area (Å²) < 4.78 is 0. The van der Waals surface area contributed by atoms with Crippen molar-refractivity contribution in [3.05, 3.63) is 0 Å². The van der Waals surface area contributed by atoms with Gasteiger partial charge in [-0.3, -0.25) is 0 Å². The van der Waals surface area contributed by atoms with Crippen LogP contribution in [0.4, 0.5) is 0 Å². The lowest BCUT2D eigenvalue weighted by Crippen LogP contribution is -2.37. The van der Waals surface area contributed by atoms with E-state index in [1.165, 1.54) is 366 Å². The summed E-state index contributed by atoms with van der Waals surface area (Å²) in [6.45, 7) is 12.1. The molecule has 0 amide bonds. The quantitative estimate of drug-likeness (QED) is 0.0550. The molecule has 0 saturated heterocycles. The molecular formula is C62H127N. The van der Waals surface area contributed by atoms with Gasteiger partial charge in [0.15, 0.2) is 0 Å². The highest BCUT2D eigenvalue weighted by Gasteiger charge is 2.18. The standard InChI is InChI=1S/C62H127N/c1-5-9-13-17-20-23-26-29-32-35-38-41-44-47-51-55-59-62(58-54-50-16-12-8-4)63(60-56-52-48-45-42-39-36-33-30-27-24-21-18-14-10-6-2)61-57-53-49-46-43-40-37-34-31-28-25-22-19-15-11-7-3/h62H,5-61H2,1-4H3. The van der Waals surface area contributed by atoms with Crippen molar-refractivity contribution in [3.63, 3.8) is 0 Å². The minimum atomic E-state index is 0.853. The second kappa shape index (κ2) is 58.1. The highest BCUT2D eigenvalue weighted by molar-refractivity contribution is 4.73. The second-order valence-electron chi connectivity index (χ2n) is 21.6. The fourth-order valence-corrected chi connectivity index (χ4v) is 10.6. The topological polar surface area (TPSA) is 3.24 Å². The van der Waals surface area contributed by atoms with Gasteiger partial charge in [-0.25, -0.2) is 0 Å². The summed E-state index contributed by atoms with van der Waals surface area (Å²) in [5.74, 6) is 0. The van der Waals surface area contributed by atoms with Crippen LogP contribution in [-0.4, -0.2) is 24.0 Å². The number of hydrogen-bond donors (Lipinski definition) is 0. The van der Waals surface area contributed by atoms with Crippen LogP contribution in [0.25, 0.3) is 0 Å². The van der Waals surface area contributed by atoms with E-state index in [1.807, 2.05) is 0 Å². The molecule has 0 aliphatic heterocycles. The Labute approximate surface area is 403 Å². The summed E-state index contributed by atoms with van der Waals surface area (Å²) in [6, 6.07) is 0.853. The Bertz CT molecular complexity index is 725. The Hall–Kier alpha value is -0.0400. The van der Waals surface area contributed by atoms with Gasteiger partial charge in [-0.1, -0.05) is 355 Å². The van der Waals surface area contributed by atoms with E-state index >= 15 is 0 Å². The molecule has 0 aliphatic carbocycles. The zero-order chi connectivity index (χ0) is 45.5. The van der Waals surface area contributed by atoms with Gasteiger partial charge in [-0.15, -0.1) is 0 Å². The molecule has 0 N–H and O–H groups in total. The van der Waals surface area contributed by atoms with Crippen LogP contribution >= 0.6 is 0 Å². The summed E-state index contributed by atoms with van der Waals surface area (Å²) >= 11 is 0. The van der Waals surface area contributed by atoms with Gasteiger partial charge in [0, 0.05) is 6.04 Å². The van der Waals surface area contributed by atoms with Gasteiger partial charge >= 0.3 is 0 Å². The first-order chi connectivity index (χ1) is 31.3. The number of rotatable bonds is 58. The van der Waals surface area contributed by atoms with Crippen LogP contribution in [0.3, 0.4) is 0 Å². The van der Waals surface area contributed by atoms with E-state index in [0.717, 1.165) is 6.04 Å². The van der Waals surface area contributed by atoms with E-state index in [9.17, 15) is 0 Å². The van der Waals surface area contributed by atoms with Gasteiger partial charge < -0.3 is 4.90 Å². The molecule has 1 nitrogen and oxygen atoms in total. The van der Waals surface area contributed by atoms with E-state index in [4.69, 9.17) is 0 Å².